The van der Waals surface area contributed by atoms with Gasteiger partial charge in [0.25, 0.3) is 0 Å². The number of hydrogen-bond donors (Lipinski definition) is 1. The molecule has 94 valence electrons. The van der Waals surface area contributed by atoms with E-state index in [9.17, 15) is 0 Å². The molecule has 0 amide bonds. The van der Waals surface area contributed by atoms with E-state index in [0.717, 1.165) is 12.3 Å². The summed E-state index contributed by atoms with van der Waals surface area (Å²) >= 11 is 1.79. The van der Waals surface area contributed by atoms with E-state index >= 15 is 0 Å². The van der Waals surface area contributed by atoms with Gasteiger partial charge >= 0.3 is 0 Å². The smallest absolute Gasteiger partial charge is 0.119 e. The molecule has 2 aromatic rings. The fraction of sp³-hybridized carbons (Fsp3) is 0.333. The molecule has 3 heteroatoms. The molecule has 3 rings (SSSR count). The third-order valence-corrected chi connectivity index (χ3v) is 4.79. The lowest BCUT2D eigenvalue weighted by atomic mass is 9.98. The molecular formula is C15H17NOS. The van der Waals surface area contributed by atoms with Crippen LogP contribution in [0.2, 0.25) is 0 Å². The number of rotatable bonds is 4. The lowest BCUT2D eigenvalue weighted by Gasteiger charge is -2.08. The van der Waals surface area contributed by atoms with Gasteiger partial charge in [-0.25, -0.2) is 0 Å². The molecule has 1 heterocycles. The van der Waals surface area contributed by atoms with Crippen molar-refractivity contribution in [2.24, 2.45) is 5.73 Å². The Morgan fingerprint density at radius 2 is 2.17 bits per heavy atom. The van der Waals surface area contributed by atoms with Crippen LogP contribution in [0, 0.1) is 0 Å². The number of thiophene rings is 1. The SMILES string of the molecule is COc1cccc(-c2cc(C3(CN)CC3)cs2)c1. The molecule has 1 aliphatic carbocycles. The van der Waals surface area contributed by atoms with Crippen molar-refractivity contribution in [2.75, 3.05) is 13.7 Å². The highest BCUT2D eigenvalue weighted by molar-refractivity contribution is 7.13. The summed E-state index contributed by atoms with van der Waals surface area (Å²) in [5.74, 6) is 0.905. The molecular weight excluding hydrogens is 242 g/mol. The van der Waals surface area contributed by atoms with Crippen molar-refractivity contribution in [3.8, 4) is 16.2 Å². The fourth-order valence-corrected chi connectivity index (χ4v) is 3.33. The van der Waals surface area contributed by atoms with E-state index in [1.165, 1.54) is 28.8 Å². The molecule has 1 fully saturated rings. The van der Waals surface area contributed by atoms with E-state index < -0.39 is 0 Å². The fourth-order valence-electron chi connectivity index (χ4n) is 2.30. The third kappa shape index (κ3) is 1.93. The van der Waals surface area contributed by atoms with Gasteiger partial charge in [-0.2, -0.15) is 0 Å². The maximum atomic E-state index is 5.88. The lowest BCUT2D eigenvalue weighted by Crippen LogP contribution is -2.18. The molecule has 0 aliphatic heterocycles. The Morgan fingerprint density at radius 1 is 1.33 bits per heavy atom. The molecule has 1 aromatic heterocycles. The Hall–Kier alpha value is -1.32. The number of nitrogens with two attached hydrogens (primary N) is 1. The van der Waals surface area contributed by atoms with Crippen LogP contribution in [0.1, 0.15) is 18.4 Å². The second kappa shape index (κ2) is 4.41. The Labute approximate surface area is 111 Å². The van der Waals surface area contributed by atoms with Crippen molar-refractivity contribution < 1.29 is 4.74 Å². The average molecular weight is 259 g/mol. The van der Waals surface area contributed by atoms with Crippen LogP contribution in [0.15, 0.2) is 35.7 Å². The summed E-state index contributed by atoms with van der Waals surface area (Å²) in [5.41, 5.74) is 8.80. The summed E-state index contributed by atoms with van der Waals surface area (Å²) in [7, 11) is 1.70. The first kappa shape index (κ1) is 11.8. The van der Waals surface area contributed by atoms with Crippen LogP contribution in [0.4, 0.5) is 0 Å². The zero-order valence-corrected chi connectivity index (χ0v) is 11.3. The first-order valence-corrected chi connectivity index (χ1v) is 7.09. The van der Waals surface area contributed by atoms with Crippen LogP contribution >= 0.6 is 11.3 Å². The summed E-state index contributed by atoms with van der Waals surface area (Å²) in [4.78, 5) is 1.30. The van der Waals surface area contributed by atoms with Crippen LogP contribution in [0.3, 0.4) is 0 Å². The van der Waals surface area contributed by atoms with E-state index in [2.05, 4.69) is 23.6 Å². The van der Waals surface area contributed by atoms with E-state index in [0.29, 0.717) is 0 Å². The van der Waals surface area contributed by atoms with Gasteiger partial charge in [0.15, 0.2) is 0 Å². The van der Waals surface area contributed by atoms with Gasteiger partial charge < -0.3 is 10.5 Å². The molecule has 1 saturated carbocycles. The molecule has 0 atom stereocenters. The predicted octanol–water partition coefficient (Wildman–Crippen LogP) is 3.41. The van der Waals surface area contributed by atoms with Crippen molar-refractivity contribution in [1.29, 1.82) is 0 Å². The van der Waals surface area contributed by atoms with E-state index in [-0.39, 0.29) is 5.41 Å². The van der Waals surface area contributed by atoms with Gasteiger partial charge in [-0.15, -0.1) is 11.3 Å². The van der Waals surface area contributed by atoms with Crippen LogP contribution in [0.5, 0.6) is 5.75 Å². The van der Waals surface area contributed by atoms with Crippen molar-refractivity contribution >= 4 is 11.3 Å². The number of hydrogen-bond acceptors (Lipinski definition) is 3. The quantitative estimate of drug-likeness (QED) is 0.913. The Balaban J connectivity index is 1.93. The summed E-state index contributed by atoms with van der Waals surface area (Å²) in [6.45, 7) is 0.765. The summed E-state index contributed by atoms with van der Waals surface area (Å²) in [6, 6.07) is 10.5. The number of methoxy groups -OCH3 is 1. The molecule has 18 heavy (non-hydrogen) atoms. The van der Waals surface area contributed by atoms with Gasteiger partial charge in [0.05, 0.1) is 7.11 Å². The summed E-state index contributed by atoms with van der Waals surface area (Å²) in [6.07, 6.45) is 2.47. The Kier molecular flexibility index (Phi) is 2.88. The molecule has 0 spiro atoms. The molecule has 0 unspecified atom stereocenters. The zero-order valence-electron chi connectivity index (χ0n) is 10.5. The molecule has 0 saturated heterocycles. The average Bonchev–Trinajstić information content (AvgIpc) is 3.08. The van der Waals surface area contributed by atoms with Crippen LogP contribution < -0.4 is 10.5 Å². The van der Waals surface area contributed by atoms with Crippen LogP contribution in [-0.4, -0.2) is 13.7 Å². The van der Waals surface area contributed by atoms with E-state index in [1.54, 1.807) is 18.4 Å². The Bertz CT molecular complexity index is 557. The minimum Gasteiger partial charge on any atom is -0.497 e. The van der Waals surface area contributed by atoms with Gasteiger partial charge in [0.1, 0.15) is 5.75 Å². The minimum absolute atomic E-state index is 0.285. The predicted molar refractivity (Wildman–Crippen MR) is 76.3 cm³/mol. The Morgan fingerprint density at radius 3 is 2.83 bits per heavy atom. The maximum absolute atomic E-state index is 5.88. The van der Waals surface area contributed by atoms with E-state index in [1.807, 2.05) is 12.1 Å². The second-order valence-electron chi connectivity index (χ2n) is 4.92. The van der Waals surface area contributed by atoms with Gasteiger partial charge in [0, 0.05) is 16.8 Å². The van der Waals surface area contributed by atoms with E-state index in [4.69, 9.17) is 10.5 Å². The van der Waals surface area contributed by atoms with Crippen molar-refractivity contribution in [2.45, 2.75) is 18.3 Å². The summed E-state index contributed by atoms with van der Waals surface area (Å²) < 4.78 is 5.27. The van der Waals surface area contributed by atoms with Gasteiger partial charge in [-0.1, -0.05) is 12.1 Å². The van der Waals surface area contributed by atoms with Crippen LogP contribution in [-0.2, 0) is 5.41 Å². The molecule has 0 bridgehead atoms. The molecule has 2 N–H and O–H groups in total. The highest BCUT2D eigenvalue weighted by atomic mass is 32.1. The normalized spacial score (nSPS) is 16.6. The lowest BCUT2D eigenvalue weighted by molar-refractivity contribution is 0.415. The number of ether oxygens (including phenoxy) is 1. The first-order valence-electron chi connectivity index (χ1n) is 6.21. The van der Waals surface area contributed by atoms with Crippen molar-refractivity contribution in [3.63, 3.8) is 0 Å². The van der Waals surface area contributed by atoms with Crippen LogP contribution in [0.25, 0.3) is 10.4 Å². The first-order chi connectivity index (χ1) is 8.77. The highest BCUT2D eigenvalue weighted by Gasteiger charge is 2.43. The topological polar surface area (TPSA) is 35.2 Å². The molecule has 2 nitrogen and oxygen atoms in total. The molecule has 0 radical (unpaired) electrons. The molecule has 1 aliphatic rings. The second-order valence-corrected chi connectivity index (χ2v) is 5.83. The zero-order chi connectivity index (χ0) is 12.6. The van der Waals surface area contributed by atoms with Crippen molar-refractivity contribution in [1.82, 2.24) is 0 Å². The standard InChI is InChI=1S/C15H17NOS/c1-17-13-4-2-3-11(7-13)14-8-12(9-18-14)15(10-16)5-6-15/h2-4,7-9H,5-6,10,16H2,1H3. The molecule has 1 aromatic carbocycles. The monoisotopic (exact) mass is 259 g/mol. The van der Waals surface area contributed by atoms with Gasteiger partial charge in [0.2, 0.25) is 0 Å². The minimum atomic E-state index is 0.285. The highest BCUT2D eigenvalue weighted by Crippen LogP contribution is 2.49. The van der Waals surface area contributed by atoms with Gasteiger partial charge in [-0.3, -0.25) is 0 Å². The maximum Gasteiger partial charge on any atom is 0.119 e. The summed E-state index contributed by atoms with van der Waals surface area (Å²) in [5, 5.41) is 2.26. The largest absolute Gasteiger partial charge is 0.497 e. The number of benzene rings is 1. The third-order valence-electron chi connectivity index (χ3n) is 3.81. The van der Waals surface area contributed by atoms with Gasteiger partial charge in [-0.05, 0) is 47.5 Å². The van der Waals surface area contributed by atoms with Crippen molar-refractivity contribution in [3.05, 3.63) is 41.3 Å².